The maximum Gasteiger partial charge on any atom is 0.160 e. The first-order valence-corrected chi connectivity index (χ1v) is 6.25. The number of aliphatic hydroxyl groups is 1. The molecule has 1 aliphatic heterocycles. The zero-order valence-corrected chi connectivity index (χ0v) is 10.4. The van der Waals surface area contributed by atoms with Gasteiger partial charge in [0.2, 0.25) is 0 Å². The van der Waals surface area contributed by atoms with Crippen molar-refractivity contribution in [1.82, 2.24) is 0 Å². The smallest absolute Gasteiger partial charge is 0.160 e. The summed E-state index contributed by atoms with van der Waals surface area (Å²) in [6, 6.07) is 0. The molecule has 1 fully saturated rings. The molecule has 0 aromatic heterocycles. The molecular formula is C12H24O4. The standard InChI is InChI=1S/C12H24O4/c1-3-4-5-6-14-10(2)7-12-15-9-11(8-13)16-12/h10-13H,3-9H2,1-2H3/t10?,11-,12-/m0/s1. The third kappa shape index (κ3) is 5.25. The number of ether oxygens (including phenoxy) is 3. The van der Waals surface area contributed by atoms with Crippen molar-refractivity contribution in [1.29, 1.82) is 0 Å². The summed E-state index contributed by atoms with van der Waals surface area (Å²) in [5.41, 5.74) is 0. The second-order valence-electron chi connectivity index (χ2n) is 4.33. The van der Waals surface area contributed by atoms with E-state index in [0.29, 0.717) is 6.61 Å². The largest absolute Gasteiger partial charge is 0.394 e. The van der Waals surface area contributed by atoms with E-state index in [1.54, 1.807) is 0 Å². The minimum atomic E-state index is -0.210. The molecule has 0 aromatic rings. The van der Waals surface area contributed by atoms with E-state index in [-0.39, 0.29) is 25.1 Å². The van der Waals surface area contributed by atoms with Crippen LogP contribution in [0.25, 0.3) is 0 Å². The molecule has 4 nitrogen and oxygen atoms in total. The van der Waals surface area contributed by atoms with Crippen LogP contribution in [0.15, 0.2) is 0 Å². The number of hydrogen-bond acceptors (Lipinski definition) is 4. The summed E-state index contributed by atoms with van der Waals surface area (Å²) in [5, 5.41) is 8.88. The first kappa shape index (κ1) is 13.9. The van der Waals surface area contributed by atoms with Crippen LogP contribution in [0.3, 0.4) is 0 Å². The van der Waals surface area contributed by atoms with Crippen LogP contribution < -0.4 is 0 Å². The molecule has 3 atom stereocenters. The first-order chi connectivity index (χ1) is 7.76. The van der Waals surface area contributed by atoms with E-state index in [0.717, 1.165) is 19.4 Å². The second-order valence-corrected chi connectivity index (χ2v) is 4.33. The lowest BCUT2D eigenvalue weighted by Gasteiger charge is -2.16. The molecule has 0 amide bonds. The van der Waals surface area contributed by atoms with E-state index >= 15 is 0 Å². The molecule has 0 radical (unpaired) electrons. The molecule has 0 aliphatic carbocycles. The molecule has 1 N–H and O–H groups in total. The molecule has 0 saturated carbocycles. The van der Waals surface area contributed by atoms with Crippen molar-refractivity contribution in [3.8, 4) is 0 Å². The second kappa shape index (κ2) is 8.01. The van der Waals surface area contributed by atoms with Gasteiger partial charge in [-0.05, 0) is 13.3 Å². The van der Waals surface area contributed by atoms with Crippen LogP contribution in [-0.2, 0) is 14.2 Å². The van der Waals surface area contributed by atoms with E-state index in [1.807, 2.05) is 6.92 Å². The monoisotopic (exact) mass is 232 g/mol. The predicted molar refractivity (Wildman–Crippen MR) is 61.3 cm³/mol. The van der Waals surface area contributed by atoms with Gasteiger partial charge in [0, 0.05) is 13.0 Å². The van der Waals surface area contributed by atoms with Crippen LogP contribution in [0.2, 0.25) is 0 Å². The zero-order valence-electron chi connectivity index (χ0n) is 10.4. The molecule has 96 valence electrons. The molecular weight excluding hydrogens is 208 g/mol. The lowest BCUT2D eigenvalue weighted by Crippen LogP contribution is -2.21. The Morgan fingerprint density at radius 2 is 2.25 bits per heavy atom. The number of rotatable bonds is 8. The molecule has 0 aromatic carbocycles. The number of aliphatic hydroxyl groups excluding tert-OH is 1. The van der Waals surface area contributed by atoms with Gasteiger partial charge in [-0.2, -0.15) is 0 Å². The lowest BCUT2D eigenvalue weighted by atomic mass is 10.2. The van der Waals surface area contributed by atoms with Gasteiger partial charge in [-0.1, -0.05) is 19.8 Å². The van der Waals surface area contributed by atoms with Gasteiger partial charge in [0.05, 0.1) is 19.3 Å². The Hall–Kier alpha value is -0.160. The third-order valence-electron chi connectivity index (χ3n) is 2.69. The van der Waals surface area contributed by atoms with Gasteiger partial charge in [0.15, 0.2) is 6.29 Å². The van der Waals surface area contributed by atoms with Gasteiger partial charge in [0.1, 0.15) is 6.10 Å². The molecule has 1 rings (SSSR count). The van der Waals surface area contributed by atoms with E-state index in [2.05, 4.69) is 6.92 Å². The Morgan fingerprint density at radius 3 is 2.88 bits per heavy atom. The Kier molecular flexibility index (Phi) is 6.96. The van der Waals surface area contributed by atoms with Gasteiger partial charge in [-0.15, -0.1) is 0 Å². The SMILES string of the molecule is CCCCCOC(C)C[C@H]1OC[C@H](CO)O1. The first-order valence-electron chi connectivity index (χ1n) is 6.25. The summed E-state index contributed by atoms with van der Waals surface area (Å²) in [6.45, 7) is 5.54. The van der Waals surface area contributed by atoms with Crippen molar-refractivity contribution in [2.24, 2.45) is 0 Å². The summed E-state index contributed by atoms with van der Waals surface area (Å²) < 4.78 is 16.5. The molecule has 1 unspecified atom stereocenters. The normalized spacial score (nSPS) is 27.2. The lowest BCUT2D eigenvalue weighted by molar-refractivity contribution is -0.0959. The van der Waals surface area contributed by atoms with Gasteiger partial charge in [-0.3, -0.25) is 0 Å². The number of hydrogen-bond donors (Lipinski definition) is 1. The molecule has 16 heavy (non-hydrogen) atoms. The zero-order chi connectivity index (χ0) is 11.8. The fraction of sp³-hybridized carbons (Fsp3) is 1.00. The predicted octanol–water partition coefficient (Wildman–Crippen LogP) is 1.71. The van der Waals surface area contributed by atoms with Crippen molar-refractivity contribution < 1.29 is 19.3 Å². The van der Waals surface area contributed by atoms with Crippen LogP contribution >= 0.6 is 0 Å². The van der Waals surface area contributed by atoms with E-state index in [9.17, 15) is 0 Å². The van der Waals surface area contributed by atoms with E-state index in [1.165, 1.54) is 12.8 Å². The highest BCUT2D eigenvalue weighted by Gasteiger charge is 2.26. The molecule has 0 bridgehead atoms. The summed E-state index contributed by atoms with van der Waals surface area (Å²) >= 11 is 0. The number of unbranched alkanes of at least 4 members (excludes halogenated alkanes) is 2. The molecule has 4 heteroatoms. The Labute approximate surface area is 97.9 Å². The van der Waals surface area contributed by atoms with Crippen LogP contribution in [0.4, 0.5) is 0 Å². The highest BCUT2D eigenvalue weighted by atomic mass is 16.7. The summed E-state index contributed by atoms with van der Waals surface area (Å²) in [6.07, 6.45) is 4.07. The maximum absolute atomic E-state index is 8.88. The van der Waals surface area contributed by atoms with E-state index in [4.69, 9.17) is 19.3 Å². The molecule has 1 aliphatic rings. The minimum absolute atomic E-state index is 0.0300. The fourth-order valence-corrected chi connectivity index (χ4v) is 1.70. The maximum atomic E-state index is 8.88. The van der Waals surface area contributed by atoms with Gasteiger partial charge in [-0.25, -0.2) is 0 Å². The van der Waals surface area contributed by atoms with E-state index < -0.39 is 0 Å². The topological polar surface area (TPSA) is 47.9 Å². The fourth-order valence-electron chi connectivity index (χ4n) is 1.70. The quantitative estimate of drug-likeness (QED) is 0.647. The van der Waals surface area contributed by atoms with Crippen molar-refractivity contribution in [3.63, 3.8) is 0 Å². The van der Waals surface area contributed by atoms with Crippen molar-refractivity contribution in [2.75, 3.05) is 19.8 Å². The Morgan fingerprint density at radius 1 is 1.44 bits per heavy atom. The average Bonchev–Trinajstić information content (AvgIpc) is 2.72. The van der Waals surface area contributed by atoms with Gasteiger partial charge < -0.3 is 19.3 Å². The van der Waals surface area contributed by atoms with Crippen LogP contribution in [0.1, 0.15) is 39.5 Å². The summed E-state index contributed by atoms with van der Waals surface area (Å²) in [7, 11) is 0. The summed E-state index contributed by atoms with van der Waals surface area (Å²) in [5.74, 6) is 0. The molecule has 1 heterocycles. The van der Waals surface area contributed by atoms with Crippen LogP contribution in [-0.4, -0.2) is 43.4 Å². The highest BCUT2D eigenvalue weighted by molar-refractivity contribution is 4.66. The Bertz CT molecular complexity index is 174. The third-order valence-corrected chi connectivity index (χ3v) is 2.69. The highest BCUT2D eigenvalue weighted by Crippen LogP contribution is 2.17. The van der Waals surface area contributed by atoms with Crippen molar-refractivity contribution in [2.45, 2.75) is 58.0 Å². The Balaban J connectivity index is 2.03. The minimum Gasteiger partial charge on any atom is -0.394 e. The molecule has 0 spiro atoms. The molecule has 1 saturated heterocycles. The summed E-state index contributed by atoms with van der Waals surface area (Å²) in [4.78, 5) is 0. The van der Waals surface area contributed by atoms with Crippen molar-refractivity contribution >= 4 is 0 Å². The van der Waals surface area contributed by atoms with Gasteiger partial charge >= 0.3 is 0 Å². The average molecular weight is 232 g/mol. The van der Waals surface area contributed by atoms with Gasteiger partial charge in [0.25, 0.3) is 0 Å². The van der Waals surface area contributed by atoms with Crippen molar-refractivity contribution in [3.05, 3.63) is 0 Å². The van der Waals surface area contributed by atoms with Crippen LogP contribution in [0, 0.1) is 0 Å². The van der Waals surface area contributed by atoms with Crippen LogP contribution in [0.5, 0.6) is 0 Å².